The molecule has 0 unspecified atom stereocenters. The topological polar surface area (TPSA) is 94.2 Å². The summed E-state index contributed by atoms with van der Waals surface area (Å²) in [7, 11) is 0. The molecular formula is C17H18N6O2. The zero-order chi connectivity index (χ0) is 17.2. The Hall–Kier alpha value is -3.03. The van der Waals surface area contributed by atoms with Crippen molar-refractivity contribution in [2.24, 2.45) is 0 Å². The van der Waals surface area contributed by atoms with Crippen LogP contribution in [0.15, 0.2) is 35.4 Å². The number of carbonyl (C=O) groups is 1. The Bertz CT molecular complexity index is 990. The third-order valence-electron chi connectivity index (χ3n) is 4.45. The average Bonchev–Trinajstić information content (AvgIpc) is 2.86. The highest BCUT2D eigenvalue weighted by atomic mass is 16.2. The number of amides is 1. The summed E-state index contributed by atoms with van der Waals surface area (Å²) in [5, 5.41) is 11.1. The van der Waals surface area contributed by atoms with Crippen LogP contribution in [-0.4, -0.2) is 30.1 Å². The molecule has 0 atom stereocenters. The van der Waals surface area contributed by atoms with Crippen LogP contribution in [0, 0.1) is 0 Å². The number of aryl methyl sites for hydroxylation is 1. The van der Waals surface area contributed by atoms with E-state index in [0.29, 0.717) is 5.65 Å². The van der Waals surface area contributed by atoms with E-state index in [0.717, 1.165) is 37.5 Å². The van der Waals surface area contributed by atoms with E-state index in [1.165, 1.54) is 17.0 Å². The van der Waals surface area contributed by atoms with Crippen LogP contribution < -0.4 is 10.9 Å². The fraction of sp³-hybridized carbons (Fsp3) is 0.353. The molecule has 1 amide bonds. The molecule has 8 nitrogen and oxygen atoms in total. The van der Waals surface area contributed by atoms with Gasteiger partial charge in [-0.05, 0) is 25.0 Å². The quantitative estimate of drug-likeness (QED) is 0.767. The van der Waals surface area contributed by atoms with Crippen LogP contribution in [0.3, 0.4) is 0 Å². The first-order valence-electron chi connectivity index (χ1n) is 8.39. The molecule has 1 N–H and O–H groups in total. The molecule has 0 aromatic carbocycles. The fourth-order valence-corrected chi connectivity index (χ4v) is 3.11. The molecule has 0 radical (unpaired) electrons. The Morgan fingerprint density at radius 2 is 2.12 bits per heavy atom. The molecule has 1 aliphatic heterocycles. The summed E-state index contributed by atoms with van der Waals surface area (Å²) < 4.78 is 3.43. The minimum Gasteiger partial charge on any atom is -0.345 e. The number of rotatable bonds is 3. The van der Waals surface area contributed by atoms with Gasteiger partial charge in [-0.2, -0.15) is 0 Å². The van der Waals surface area contributed by atoms with Crippen LogP contribution in [0.4, 0.5) is 0 Å². The van der Waals surface area contributed by atoms with Crippen LogP contribution in [0.1, 0.15) is 41.3 Å². The van der Waals surface area contributed by atoms with Gasteiger partial charge in [0.25, 0.3) is 11.5 Å². The Balaban J connectivity index is 1.54. The standard InChI is InChI=1S/C17H18N6O2/c24-16(12-10-18-13-6-3-5-9-23(13)17(12)25)19-11-15-21-20-14-7-2-1-4-8-22(14)15/h3,5-6,9-10H,1-2,4,7-8,11H2,(H,19,24). The maximum Gasteiger partial charge on any atom is 0.270 e. The van der Waals surface area contributed by atoms with E-state index in [-0.39, 0.29) is 17.7 Å². The van der Waals surface area contributed by atoms with Gasteiger partial charge in [0.2, 0.25) is 0 Å². The van der Waals surface area contributed by atoms with Crippen LogP contribution in [0.25, 0.3) is 5.65 Å². The highest BCUT2D eigenvalue weighted by Gasteiger charge is 2.17. The second-order valence-electron chi connectivity index (χ2n) is 6.08. The number of carbonyl (C=O) groups excluding carboxylic acids is 1. The molecule has 3 aromatic rings. The van der Waals surface area contributed by atoms with Gasteiger partial charge in [0.15, 0.2) is 5.82 Å². The van der Waals surface area contributed by atoms with Crippen molar-refractivity contribution in [2.45, 2.75) is 38.8 Å². The first-order chi connectivity index (χ1) is 12.2. The van der Waals surface area contributed by atoms with E-state index >= 15 is 0 Å². The number of aromatic nitrogens is 5. The summed E-state index contributed by atoms with van der Waals surface area (Å²) in [5.41, 5.74) is 0.134. The SMILES string of the molecule is O=C(NCc1nnc2n1CCCCC2)c1cnc2ccccn2c1=O. The van der Waals surface area contributed by atoms with Gasteiger partial charge in [-0.25, -0.2) is 4.98 Å². The normalized spacial score (nSPS) is 14.1. The van der Waals surface area contributed by atoms with Gasteiger partial charge < -0.3 is 9.88 Å². The molecule has 4 heterocycles. The molecule has 0 aliphatic carbocycles. The molecule has 3 aromatic heterocycles. The van der Waals surface area contributed by atoms with E-state index in [4.69, 9.17) is 0 Å². The molecule has 4 rings (SSSR count). The summed E-state index contributed by atoms with van der Waals surface area (Å²) in [4.78, 5) is 29.0. The molecular weight excluding hydrogens is 320 g/mol. The number of pyridine rings is 1. The van der Waals surface area contributed by atoms with Gasteiger partial charge in [-0.1, -0.05) is 12.5 Å². The number of nitrogens with zero attached hydrogens (tertiary/aromatic N) is 5. The van der Waals surface area contributed by atoms with Crippen LogP contribution in [-0.2, 0) is 19.5 Å². The van der Waals surface area contributed by atoms with Gasteiger partial charge in [-0.15, -0.1) is 10.2 Å². The maximum atomic E-state index is 12.4. The maximum absolute atomic E-state index is 12.4. The minimum absolute atomic E-state index is 0.0132. The molecule has 25 heavy (non-hydrogen) atoms. The average molecular weight is 338 g/mol. The van der Waals surface area contributed by atoms with E-state index < -0.39 is 5.91 Å². The van der Waals surface area contributed by atoms with E-state index in [2.05, 4.69) is 25.1 Å². The lowest BCUT2D eigenvalue weighted by atomic mass is 10.2. The van der Waals surface area contributed by atoms with Crippen molar-refractivity contribution in [3.63, 3.8) is 0 Å². The smallest absolute Gasteiger partial charge is 0.270 e. The van der Waals surface area contributed by atoms with Crippen LogP contribution in [0.2, 0.25) is 0 Å². The van der Waals surface area contributed by atoms with Gasteiger partial charge >= 0.3 is 0 Å². The van der Waals surface area contributed by atoms with Crippen molar-refractivity contribution in [3.8, 4) is 0 Å². The van der Waals surface area contributed by atoms with Crippen molar-refractivity contribution < 1.29 is 4.79 Å². The lowest BCUT2D eigenvalue weighted by Crippen LogP contribution is -2.32. The minimum atomic E-state index is -0.457. The third kappa shape index (κ3) is 2.90. The Labute approximate surface area is 143 Å². The van der Waals surface area contributed by atoms with E-state index in [1.54, 1.807) is 24.4 Å². The molecule has 0 bridgehead atoms. The largest absolute Gasteiger partial charge is 0.345 e. The van der Waals surface area contributed by atoms with E-state index in [1.807, 2.05) is 0 Å². The van der Waals surface area contributed by atoms with Crippen molar-refractivity contribution >= 4 is 11.6 Å². The van der Waals surface area contributed by atoms with Gasteiger partial charge in [0, 0.05) is 25.4 Å². The van der Waals surface area contributed by atoms with Crippen molar-refractivity contribution in [1.29, 1.82) is 0 Å². The predicted molar refractivity (Wildman–Crippen MR) is 90.2 cm³/mol. The molecule has 0 fully saturated rings. The molecule has 0 saturated heterocycles. The Morgan fingerprint density at radius 1 is 1.20 bits per heavy atom. The van der Waals surface area contributed by atoms with Crippen molar-refractivity contribution in [3.05, 3.63) is 58.2 Å². The van der Waals surface area contributed by atoms with Crippen molar-refractivity contribution in [1.82, 2.24) is 29.5 Å². The monoisotopic (exact) mass is 338 g/mol. The first-order valence-corrected chi connectivity index (χ1v) is 8.39. The predicted octanol–water partition coefficient (Wildman–Crippen LogP) is 0.942. The fourth-order valence-electron chi connectivity index (χ4n) is 3.11. The lowest BCUT2D eigenvalue weighted by molar-refractivity contribution is 0.0947. The molecule has 8 heteroatoms. The zero-order valence-electron chi connectivity index (χ0n) is 13.7. The Kier molecular flexibility index (Phi) is 4.01. The molecule has 0 saturated carbocycles. The summed E-state index contributed by atoms with van der Waals surface area (Å²) in [5.74, 6) is 1.23. The summed E-state index contributed by atoms with van der Waals surface area (Å²) in [6.07, 6.45) is 7.20. The Morgan fingerprint density at radius 3 is 3.04 bits per heavy atom. The zero-order valence-corrected chi connectivity index (χ0v) is 13.7. The first kappa shape index (κ1) is 15.5. The number of hydrogen-bond donors (Lipinski definition) is 1. The third-order valence-corrected chi connectivity index (χ3v) is 4.45. The number of hydrogen-bond acceptors (Lipinski definition) is 5. The molecule has 128 valence electrons. The summed E-state index contributed by atoms with van der Waals surface area (Å²) in [6.45, 7) is 1.11. The summed E-state index contributed by atoms with van der Waals surface area (Å²) in [6, 6.07) is 5.23. The highest BCUT2D eigenvalue weighted by molar-refractivity contribution is 5.93. The summed E-state index contributed by atoms with van der Waals surface area (Å²) >= 11 is 0. The van der Waals surface area contributed by atoms with Crippen molar-refractivity contribution in [2.75, 3.05) is 0 Å². The second-order valence-corrected chi connectivity index (χ2v) is 6.08. The molecule has 0 spiro atoms. The van der Waals surface area contributed by atoms with Gasteiger partial charge in [0.05, 0.1) is 6.54 Å². The van der Waals surface area contributed by atoms with Crippen LogP contribution >= 0.6 is 0 Å². The van der Waals surface area contributed by atoms with Crippen LogP contribution in [0.5, 0.6) is 0 Å². The van der Waals surface area contributed by atoms with Gasteiger partial charge in [0.1, 0.15) is 17.0 Å². The lowest BCUT2D eigenvalue weighted by Gasteiger charge is -2.08. The number of fused-ring (bicyclic) bond motifs is 2. The number of nitrogens with one attached hydrogen (secondary N) is 1. The molecule has 1 aliphatic rings. The van der Waals surface area contributed by atoms with Gasteiger partial charge in [-0.3, -0.25) is 14.0 Å². The van der Waals surface area contributed by atoms with E-state index in [9.17, 15) is 9.59 Å². The second kappa shape index (κ2) is 6.46. The highest BCUT2D eigenvalue weighted by Crippen LogP contribution is 2.14.